The highest BCUT2D eigenvalue weighted by atomic mass is 16.5. The molecule has 2 aromatic heterocycles. The molecule has 0 radical (unpaired) electrons. The number of anilines is 2. The first-order chi connectivity index (χ1) is 15.7. The first-order valence-electron chi connectivity index (χ1n) is 11.1. The number of rotatable bonds is 6. The van der Waals surface area contributed by atoms with Crippen molar-refractivity contribution in [3.63, 3.8) is 0 Å². The zero-order valence-electron chi connectivity index (χ0n) is 18.1. The summed E-state index contributed by atoms with van der Waals surface area (Å²) in [4.78, 5) is 27.4. The fourth-order valence-electron chi connectivity index (χ4n) is 3.90. The van der Waals surface area contributed by atoms with E-state index >= 15 is 0 Å². The summed E-state index contributed by atoms with van der Waals surface area (Å²) < 4.78 is 5.49. The van der Waals surface area contributed by atoms with Gasteiger partial charge in [0.05, 0.1) is 24.9 Å². The highest BCUT2D eigenvalue weighted by molar-refractivity contribution is 6.00. The fraction of sp³-hybridized carbons (Fsp3) is 0.391. The van der Waals surface area contributed by atoms with Crippen molar-refractivity contribution in [1.82, 2.24) is 20.3 Å². The molecule has 0 bridgehead atoms. The summed E-state index contributed by atoms with van der Waals surface area (Å²) in [5.41, 5.74) is 7.03. The van der Waals surface area contributed by atoms with Gasteiger partial charge < -0.3 is 19.9 Å². The second-order valence-electron chi connectivity index (χ2n) is 8.30. The van der Waals surface area contributed by atoms with Crippen LogP contribution in [0.2, 0.25) is 0 Å². The largest absolute Gasteiger partial charge is 0.378 e. The number of fused-ring (bicyclic) bond motifs is 1. The van der Waals surface area contributed by atoms with Crippen LogP contribution in [0.1, 0.15) is 40.9 Å². The topological polar surface area (TPSA) is 108 Å². The second-order valence-corrected chi connectivity index (χ2v) is 8.30. The summed E-state index contributed by atoms with van der Waals surface area (Å²) >= 11 is 0. The van der Waals surface area contributed by atoms with E-state index in [2.05, 4.69) is 30.7 Å². The smallest absolute Gasteiger partial charge is 0.268 e. The lowest BCUT2D eigenvalue weighted by Crippen LogP contribution is -2.39. The van der Waals surface area contributed by atoms with E-state index in [0.717, 1.165) is 42.8 Å². The molecule has 3 N–H and O–H groups in total. The van der Waals surface area contributed by atoms with E-state index in [4.69, 9.17) is 9.72 Å². The molecule has 3 aromatic rings. The van der Waals surface area contributed by atoms with Crippen LogP contribution in [0.25, 0.3) is 11.0 Å². The van der Waals surface area contributed by atoms with Gasteiger partial charge in [-0.2, -0.15) is 10.1 Å². The third-order valence-electron chi connectivity index (χ3n) is 5.87. The lowest BCUT2D eigenvalue weighted by Gasteiger charge is -2.28. The predicted molar refractivity (Wildman–Crippen MR) is 124 cm³/mol. The minimum Gasteiger partial charge on any atom is -0.378 e. The fourth-order valence-corrected chi connectivity index (χ4v) is 3.90. The van der Waals surface area contributed by atoms with Crippen LogP contribution in [0.5, 0.6) is 0 Å². The zero-order valence-corrected chi connectivity index (χ0v) is 18.1. The molecule has 1 aliphatic carbocycles. The van der Waals surface area contributed by atoms with Gasteiger partial charge in [0.1, 0.15) is 11.2 Å². The Morgan fingerprint density at radius 3 is 2.84 bits per heavy atom. The Bertz CT molecular complexity index is 1150. The third kappa shape index (κ3) is 4.43. The molecule has 166 valence electrons. The zero-order chi connectivity index (χ0) is 21.9. The van der Waals surface area contributed by atoms with E-state index in [1.807, 2.05) is 31.2 Å². The lowest BCUT2D eigenvalue weighted by molar-refractivity contribution is 0.0912. The summed E-state index contributed by atoms with van der Waals surface area (Å²) in [5.74, 6) is 1.02. The van der Waals surface area contributed by atoms with E-state index in [9.17, 15) is 4.79 Å². The van der Waals surface area contributed by atoms with Crippen molar-refractivity contribution in [2.24, 2.45) is 5.10 Å². The molecule has 32 heavy (non-hydrogen) atoms. The number of hydrazone groups is 1. The number of hydrogen-bond acceptors (Lipinski definition) is 7. The molecule has 1 saturated heterocycles. The Balaban J connectivity index is 1.43. The van der Waals surface area contributed by atoms with Gasteiger partial charge in [0, 0.05) is 19.1 Å². The van der Waals surface area contributed by atoms with Gasteiger partial charge in [-0.3, -0.25) is 4.79 Å². The minimum atomic E-state index is -0.104. The van der Waals surface area contributed by atoms with Crippen LogP contribution in [0, 0.1) is 6.92 Å². The number of H-pyrrole nitrogens is 1. The SMILES string of the molecule is Cc1cccc(/C=N/Nc2nc(N3CCOCC3)c3[nH]c(C(=O)NC4CCC4)cc3n2)c1. The summed E-state index contributed by atoms with van der Waals surface area (Å²) in [6.07, 6.45) is 4.99. The van der Waals surface area contributed by atoms with E-state index < -0.39 is 0 Å². The van der Waals surface area contributed by atoms with Gasteiger partial charge in [-0.25, -0.2) is 10.4 Å². The Kier molecular flexibility index (Phi) is 5.72. The molecule has 9 heteroatoms. The molecular weight excluding hydrogens is 406 g/mol. The summed E-state index contributed by atoms with van der Waals surface area (Å²) in [6.45, 7) is 4.76. The highest BCUT2D eigenvalue weighted by Crippen LogP contribution is 2.27. The van der Waals surface area contributed by atoms with Gasteiger partial charge in [0.15, 0.2) is 5.82 Å². The number of amides is 1. The number of nitrogens with zero attached hydrogens (tertiary/aromatic N) is 4. The van der Waals surface area contributed by atoms with Crippen molar-refractivity contribution in [1.29, 1.82) is 0 Å². The van der Waals surface area contributed by atoms with Gasteiger partial charge in [-0.1, -0.05) is 29.8 Å². The molecule has 9 nitrogen and oxygen atoms in total. The minimum absolute atomic E-state index is 0.104. The number of hydrogen-bond donors (Lipinski definition) is 3. The number of aromatic amines is 1. The van der Waals surface area contributed by atoms with Crippen LogP contribution < -0.4 is 15.6 Å². The first-order valence-corrected chi connectivity index (χ1v) is 11.1. The number of carbonyl (C=O) groups excluding carboxylic acids is 1. The van der Waals surface area contributed by atoms with E-state index in [1.165, 1.54) is 12.0 Å². The Hall–Kier alpha value is -3.46. The maximum atomic E-state index is 12.7. The molecule has 1 saturated carbocycles. The maximum absolute atomic E-state index is 12.7. The highest BCUT2D eigenvalue weighted by Gasteiger charge is 2.23. The van der Waals surface area contributed by atoms with Crippen molar-refractivity contribution in [3.05, 3.63) is 47.2 Å². The molecule has 5 rings (SSSR count). The van der Waals surface area contributed by atoms with Crippen LogP contribution >= 0.6 is 0 Å². The van der Waals surface area contributed by atoms with Crippen molar-refractivity contribution in [2.45, 2.75) is 32.2 Å². The Morgan fingerprint density at radius 2 is 2.09 bits per heavy atom. The van der Waals surface area contributed by atoms with Crippen LogP contribution in [0.15, 0.2) is 35.4 Å². The van der Waals surface area contributed by atoms with Gasteiger partial charge in [0.25, 0.3) is 5.91 Å². The van der Waals surface area contributed by atoms with E-state index in [0.29, 0.717) is 30.4 Å². The molecule has 1 amide bonds. The molecule has 2 fully saturated rings. The second kappa shape index (κ2) is 8.96. The summed E-state index contributed by atoms with van der Waals surface area (Å²) in [6, 6.07) is 10.1. The number of nitrogens with one attached hydrogen (secondary N) is 3. The molecule has 0 atom stereocenters. The number of aryl methyl sites for hydroxylation is 1. The van der Waals surface area contributed by atoms with E-state index in [-0.39, 0.29) is 11.9 Å². The molecular formula is C23H27N7O2. The first kappa shape index (κ1) is 20.4. The Morgan fingerprint density at radius 1 is 1.25 bits per heavy atom. The average molecular weight is 434 g/mol. The van der Waals surface area contributed by atoms with Crippen LogP contribution in [0.3, 0.4) is 0 Å². The van der Waals surface area contributed by atoms with Crippen molar-refractivity contribution in [2.75, 3.05) is 36.6 Å². The summed E-state index contributed by atoms with van der Waals surface area (Å²) in [7, 11) is 0. The van der Waals surface area contributed by atoms with Gasteiger partial charge in [0.2, 0.25) is 5.95 Å². The molecule has 1 aromatic carbocycles. The molecule has 0 spiro atoms. The van der Waals surface area contributed by atoms with Crippen LogP contribution in [-0.4, -0.2) is 59.4 Å². The molecule has 0 unspecified atom stereocenters. The third-order valence-corrected chi connectivity index (χ3v) is 5.87. The lowest BCUT2D eigenvalue weighted by atomic mass is 9.93. The van der Waals surface area contributed by atoms with Crippen molar-refractivity contribution >= 4 is 34.9 Å². The van der Waals surface area contributed by atoms with Crippen molar-refractivity contribution in [3.8, 4) is 0 Å². The standard InChI is InChI=1S/C23H27N7O2/c1-15-4-2-5-16(12-15)14-24-29-23-27-18-13-19(22(31)25-17-6-3-7-17)26-20(18)21(28-23)30-8-10-32-11-9-30/h2,4-5,12-14,17,26H,3,6-11H2,1H3,(H,25,31)(H,27,28,29)/b24-14+. The quantitative estimate of drug-likeness (QED) is 0.408. The summed E-state index contributed by atoms with van der Waals surface area (Å²) in [5, 5.41) is 7.39. The number of benzene rings is 1. The number of morpholine rings is 1. The Labute approximate surface area is 186 Å². The number of ether oxygens (including phenoxy) is 1. The molecule has 2 aliphatic rings. The van der Waals surface area contributed by atoms with Gasteiger partial charge in [-0.05, 0) is 37.8 Å². The van der Waals surface area contributed by atoms with Crippen LogP contribution in [-0.2, 0) is 4.74 Å². The average Bonchev–Trinajstić information content (AvgIpc) is 3.21. The number of carbonyl (C=O) groups is 1. The maximum Gasteiger partial charge on any atom is 0.268 e. The van der Waals surface area contributed by atoms with Gasteiger partial charge in [-0.15, -0.1) is 0 Å². The molecule has 1 aliphatic heterocycles. The molecule has 3 heterocycles. The predicted octanol–water partition coefficient (Wildman–Crippen LogP) is 2.83. The number of aromatic nitrogens is 3. The monoisotopic (exact) mass is 433 g/mol. The normalized spacial score (nSPS) is 17.0. The van der Waals surface area contributed by atoms with Crippen LogP contribution in [0.4, 0.5) is 11.8 Å². The van der Waals surface area contributed by atoms with E-state index in [1.54, 1.807) is 12.3 Å². The van der Waals surface area contributed by atoms with Gasteiger partial charge >= 0.3 is 0 Å². The van der Waals surface area contributed by atoms with Crippen molar-refractivity contribution < 1.29 is 9.53 Å².